The molecule has 3 aliphatic rings. The molecule has 0 aromatic heterocycles. The number of amides is 1. The van der Waals surface area contributed by atoms with Crippen LogP contribution in [0.15, 0.2) is 46.5 Å². The maximum Gasteiger partial charge on any atom is 0.354 e. The molecule has 5 rings (SSSR count). The fourth-order valence-corrected chi connectivity index (χ4v) is 6.65. The van der Waals surface area contributed by atoms with Crippen molar-refractivity contribution in [1.82, 2.24) is 4.90 Å². The van der Waals surface area contributed by atoms with Crippen molar-refractivity contribution in [2.24, 2.45) is 11.8 Å². The van der Waals surface area contributed by atoms with Crippen LogP contribution in [0.3, 0.4) is 0 Å². The standard InChI is InChI=1S/C24H26N2O5S.2C2H6/c1-12-16(21(24(30)31-3)26-20(12)18(13(2)28)23(26)29)11-25-17-6-4-5-14-7-8-15(9-10-27)22(32-25)19(14)17;2*1-2/h4-8,12-13,18,20,27-28H,9-11H2,1-3H3;2*1-2H3. The zero-order valence-corrected chi connectivity index (χ0v) is 23.1. The lowest BCUT2D eigenvalue weighted by atomic mass is 9.78. The van der Waals surface area contributed by atoms with Gasteiger partial charge in [0, 0.05) is 22.8 Å². The summed E-state index contributed by atoms with van der Waals surface area (Å²) in [5.41, 5.74) is 3.30. The van der Waals surface area contributed by atoms with Crippen LogP contribution >= 0.6 is 11.9 Å². The van der Waals surface area contributed by atoms with E-state index in [0.717, 1.165) is 32.5 Å². The first kappa shape index (κ1) is 28.0. The molecule has 8 heteroatoms. The van der Waals surface area contributed by atoms with Gasteiger partial charge in [0.1, 0.15) is 5.70 Å². The van der Waals surface area contributed by atoms with Crippen LogP contribution < -0.4 is 4.31 Å². The average Bonchev–Trinajstić information content (AvgIpc) is 3.38. The lowest BCUT2D eigenvalue weighted by Crippen LogP contribution is -2.63. The van der Waals surface area contributed by atoms with Crippen LogP contribution in [-0.4, -0.2) is 59.4 Å². The monoisotopic (exact) mass is 514 g/mol. The van der Waals surface area contributed by atoms with Gasteiger partial charge in [0.05, 0.1) is 37.4 Å². The molecular weight excluding hydrogens is 476 g/mol. The Morgan fingerprint density at radius 2 is 1.86 bits per heavy atom. The number of aliphatic hydroxyl groups is 2. The highest BCUT2D eigenvalue weighted by atomic mass is 32.2. The van der Waals surface area contributed by atoms with E-state index in [9.17, 15) is 19.8 Å². The van der Waals surface area contributed by atoms with E-state index in [1.165, 1.54) is 12.0 Å². The molecule has 0 spiro atoms. The largest absolute Gasteiger partial charge is 0.464 e. The van der Waals surface area contributed by atoms with Crippen molar-refractivity contribution in [3.63, 3.8) is 0 Å². The third-order valence-electron chi connectivity index (χ3n) is 6.92. The number of nitrogens with zero attached hydrogens (tertiary/aromatic N) is 2. The van der Waals surface area contributed by atoms with Gasteiger partial charge in [0.25, 0.3) is 0 Å². The number of methoxy groups -OCH3 is 1. The van der Waals surface area contributed by atoms with Crippen molar-refractivity contribution in [2.75, 3.05) is 24.6 Å². The first-order chi connectivity index (χ1) is 17.4. The van der Waals surface area contributed by atoms with Crippen LogP contribution in [0.2, 0.25) is 0 Å². The van der Waals surface area contributed by atoms with Gasteiger partial charge in [0.2, 0.25) is 5.91 Å². The molecule has 3 heterocycles. The lowest BCUT2D eigenvalue weighted by molar-refractivity contribution is -0.163. The molecule has 4 atom stereocenters. The highest BCUT2D eigenvalue weighted by molar-refractivity contribution is 8.01. The predicted octanol–water partition coefficient (Wildman–Crippen LogP) is 4.54. The summed E-state index contributed by atoms with van der Waals surface area (Å²) in [7, 11) is 1.32. The van der Waals surface area contributed by atoms with E-state index in [0.29, 0.717) is 18.7 Å². The predicted molar refractivity (Wildman–Crippen MR) is 145 cm³/mol. The molecule has 1 amide bonds. The molecule has 196 valence electrons. The number of β-lactam (4-membered cyclic amide) rings is 1. The van der Waals surface area contributed by atoms with Crippen molar-refractivity contribution in [2.45, 2.75) is 65.0 Å². The molecule has 4 unspecified atom stereocenters. The van der Waals surface area contributed by atoms with Gasteiger partial charge in [-0.05, 0) is 47.9 Å². The quantitative estimate of drug-likeness (QED) is 0.332. The third kappa shape index (κ3) is 4.40. The molecule has 7 nitrogen and oxygen atoms in total. The minimum absolute atomic E-state index is 0.0788. The number of aliphatic hydroxyl groups excluding tert-OH is 2. The number of rotatable bonds is 6. The maximum atomic E-state index is 12.8. The van der Waals surface area contributed by atoms with Crippen molar-refractivity contribution < 1.29 is 24.5 Å². The summed E-state index contributed by atoms with van der Waals surface area (Å²) >= 11 is 1.61. The number of carbonyl (C=O) groups excluding carboxylic acids is 2. The Balaban J connectivity index is 0.000000861. The Hall–Kier alpha value is -2.55. The van der Waals surface area contributed by atoms with Gasteiger partial charge in [-0.1, -0.05) is 58.9 Å². The maximum absolute atomic E-state index is 12.8. The van der Waals surface area contributed by atoms with Crippen molar-refractivity contribution in [3.05, 3.63) is 47.2 Å². The van der Waals surface area contributed by atoms with Crippen LogP contribution in [0.5, 0.6) is 0 Å². The van der Waals surface area contributed by atoms with Gasteiger partial charge >= 0.3 is 5.97 Å². The number of benzene rings is 2. The van der Waals surface area contributed by atoms with Gasteiger partial charge in [-0.15, -0.1) is 0 Å². The summed E-state index contributed by atoms with van der Waals surface area (Å²) in [5.74, 6) is -1.34. The number of hydrogen-bond acceptors (Lipinski definition) is 7. The van der Waals surface area contributed by atoms with Crippen LogP contribution in [0, 0.1) is 11.8 Å². The Kier molecular flexibility index (Phi) is 9.08. The highest BCUT2D eigenvalue weighted by Gasteiger charge is 2.60. The van der Waals surface area contributed by atoms with Crippen molar-refractivity contribution in [1.29, 1.82) is 0 Å². The molecule has 2 aromatic rings. The Labute approximate surface area is 218 Å². The summed E-state index contributed by atoms with van der Waals surface area (Å²) in [6.45, 7) is 12.2. The second-order valence-corrected chi connectivity index (χ2v) is 9.68. The minimum Gasteiger partial charge on any atom is -0.464 e. The fraction of sp³-hybridized carbons (Fsp3) is 0.500. The van der Waals surface area contributed by atoms with E-state index in [4.69, 9.17) is 4.74 Å². The Morgan fingerprint density at radius 3 is 2.47 bits per heavy atom. The second kappa shape index (κ2) is 11.7. The van der Waals surface area contributed by atoms with E-state index >= 15 is 0 Å². The zero-order valence-electron chi connectivity index (χ0n) is 22.2. The molecule has 3 aliphatic heterocycles. The van der Waals surface area contributed by atoms with Gasteiger partial charge < -0.3 is 24.2 Å². The molecule has 0 radical (unpaired) electrons. The number of anilines is 1. The Bertz CT molecular complexity index is 1160. The van der Waals surface area contributed by atoms with Gasteiger partial charge in [-0.2, -0.15) is 0 Å². The van der Waals surface area contributed by atoms with Gasteiger partial charge in [0.15, 0.2) is 0 Å². The van der Waals surface area contributed by atoms with Gasteiger partial charge in [-0.3, -0.25) is 4.79 Å². The molecule has 1 saturated heterocycles. The van der Waals surface area contributed by atoms with E-state index in [2.05, 4.69) is 28.6 Å². The summed E-state index contributed by atoms with van der Waals surface area (Å²) in [5, 5.41) is 21.9. The average molecular weight is 515 g/mol. The molecule has 0 bridgehead atoms. The number of fused-ring (bicyclic) bond motifs is 1. The number of esters is 1. The number of carbonyl (C=O) groups is 2. The first-order valence-corrected chi connectivity index (χ1v) is 13.6. The summed E-state index contributed by atoms with van der Waals surface area (Å²) in [6.07, 6.45) is -0.197. The molecule has 0 saturated carbocycles. The fourth-order valence-electron chi connectivity index (χ4n) is 5.37. The molecule has 36 heavy (non-hydrogen) atoms. The molecule has 2 N–H and O–H groups in total. The zero-order chi connectivity index (χ0) is 26.7. The SMILES string of the molecule is CC.CC.COC(=O)C1=C(CN2Sc3c(CCO)ccc4cccc2c34)C(C)C2C(C(C)O)C(=O)N12. The lowest BCUT2D eigenvalue weighted by Gasteiger charge is -2.46. The van der Waals surface area contributed by atoms with Crippen LogP contribution in [0.1, 0.15) is 47.1 Å². The number of ether oxygens (including phenoxy) is 1. The summed E-state index contributed by atoms with van der Waals surface area (Å²) in [4.78, 5) is 28.1. The molecule has 0 aliphatic carbocycles. The van der Waals surface area contributed by atoms with Gasteiger partial charge in [-0.25, -0.2) is 4.79 Å². The van der Waals surface area contributed by atoms with E-state index in [-0.39, 0.29) is 24.5 Å². The molecule has 1 fully saturated rings. The van der Waals surface area contributed by atoms with Crippen molar-refractivity contribution >= 4 is 40.3 Å². The van der Waals surface area contributed by atoms with Crippen LogP contribution in [0.4, 0.5) is 5.69 Å². The minimum atomic E-state index is -0.773. The summed E-state index contributed by atoms with van der Waals surface area (Å²) < 4.78 is 7.19. The summed E-state index contributed by atoms with van der Waals surface area (Å²) in [6, 6.07) is 10.0. The topological polar surface area (TPSA) is 90.3 Å². The Morgan fingerprint density at radius 1 is 1.17 bits per heavy atom. The molecular formula is C28H38N2O5S. The van der Waals surface area contributed by atoms with E-state index in [1.807, 2.05) is 40.7 Å². The normalized spacial score (nSPS) is 22.4. The second-order valence-electron chi connectivity index (χ2n) is 8.65. The molecule has 2 aromatic carbocycles. The first-order valence-electron chi connectivity index (χ1n) is 12.8. The third-order valence-corrected chi connectivity index (χ3v) is 8.11. The van der Waals surface area contributed by atoms with Crippen LogP contribution in [0.25, 0.3) is 10.8 Å². The van der Waals surface area contributed by atoms with Crippen LogP contribution in [-0.2, 0) is 20.7 Å². The van der Waals surface area contributed by atoms with Crippen molar-refractivity contribution in [3.8, 4) is 0 Å². The van der Waals surface area contributed by atoms with E-state index < -0.39 is 18.0 Å². The highest BCUT2D eigenvalue weighted by Crippen LogP contribution is 2.52. The smallest absolute Gasteiger partial charge is 0.354 e. The number of hydrogen-bond donors (Lipinski definition) is 2. The van der Waals surface area contributed by atoms with E-state index in [1.54, 1.807) is 18.9 Å².